The predicted molar refractivity (Wildman–Crippen MR) is 82.8 cm³/mol. The number of aryl methyl sites for hydroxylation is 2. The summed E-state index contributed by atoms with van der Waals surface area (Å²) in [6.07, 6.45) is 2.11. The summed E-state index contributed by atoms with van der Waals surface area (Å²) in [5.41, 5.74) is 9.54. The first kappa shape index (κ1) is 16.0. The quantitative estimate of drug-likeness (QED) is 0.810. The fourth-order valence-corrected chi connectivity index (χ4v) is 2.41. The predicted octanol–water partition coefficient (Wildman–Crippen LogP) is 3.87. The monoisotopic (exact) mass is 263 g/mol. The highest BCUT2D eigenvalue weighted by molar-refractivity contribution is 5.44. The van der Waals surface area contributed by atoms with E-state index in [1.54, 1.807) is 0 Å². The first-order valence-corrected chi connectivity index (χ1v) is 7.37. The summed E-state index contributed by atoms with van der Waals surface area (Å²) in [5, 5.41) is 0. The third kappa shape index (κ3) is 5.23. The molecule has 1 unspecified atom stereocenters. The fourth-order valence-electron chi connectivity index (χ4n) is 2.41. The standard InChI is InChI=1S/C17H29NO/c1-12(2)11-19-17-15(5)8-14(4)10-16(17)9-13(3)6-7-18/h8,10,12-13H,6-7,9,11,18H2,1-5H3. The molecule has 0 heterocycles. The third-order valence-electron chi connectivity index (χ3n) is 3.28. The zero-order valence-electron chi connectivity index (χ0n) is 13.1. The minimum atomic E-state index is 0.551. The van der Waals surface area contributed by atoms with E-state index in [1.165, 1.54) is 16.7 Å². The van der Waals surface area contributed by atoms with Crippen LogP contribution in [0.1, 0.15) is 43.9 Å². The Kier molecular flexibility index (Phi) is 6.36. The molecule has 0 fully saturated rings. The molecule has 0 saturated heterocycles. The van der Waals surface area contributed by atoms with Crippen molar-refractivity contribution in [3.05, 3.63) is 28.8 Å². The molecule has 1 aromatic rings. The lowest BCUT2D eigenvalue weighted by Crippen LogP contribution is -2.11. The van der Waals surface area contributed by atoms with Gasteiger partial charge >= 0.3 is 0 Å². The van der Waals surface area contributed by atoms with Gasteiger partial charge in [0.25, 0.3) is 0 Å². The van der Waals surface area contributed by atoms with Crippen LogP contribution >= 0.6 is 0 Å². The van der Waals surface area contributed by atoms with E-state index in [0.29, 0.717) is 11.8 Å². The number of hydrogen-bond donors (Lipinski definition) is 1. The van der Waals surface area contributed by atoms with Crippen molar-refractivity contribution in [3.8, 4) is 5.75 Å². The van der Waals surface area contributed by atoms with Crippen LogP contribution in [0.25, 0.3) is 0 Å². The van der Waals surface area contributed by atoms with Crippen molar-refractivity contribution in [3.63, 3.8) is 0 Å². The van der Waals surface area contributed by atoms with Crippen molar-refractivity contribution >= 4 is 0 Å². The molecule has 0 bridgehead atoms. The first-order chi connectivity index (χ1) is 8.93. The topological polar surface area (TPSA) is 35.2 Å². The van der Waals surface area contributed by atoms with Crippen LogP contribution in [-0.2, 0) is 6.42 Å². The van der Waals surface area contributed by atoms with Crippen LogP contribution in [0, 0.1) is 25.7 Å². The van der Waals surface area contributed by atoms with Gasteiger partial charge in [0.15, 0.2) is 0 Å². The Morgan fingerprint density at radius 1 is 1.16 bits per heavy atom. The van der Waals surface area contributed by atoms with Gasteiger partial charge in [0.2, 0.25) is 0 Å². The van der Waals surface area contributed by atoms with E-state index in [0.717, 1.165) is 31.7 Å². The van der Waals surface area contributed by atoms with Gasteiger partial charge in [0.1, 0.15) is 5.75 Å². The van der Waals surface area contributed by atoms with Crippen molar-refractivity contribution < 1.29 is 4.74 Å². The van der Waals surface area contributed by atoms with Crippen molar-refractivity contribution in [2.45, 2.75) is 47.5 Å². The molecule has 0 amide bonds. The summed E-state index contributed by atoms with van der Waals surface area (Å²) < 4.78 is 6.03. The lowest BCUT2D eigenvalue weighted by atomic mass is 9.94. The average molecular weight is 263 g/mol. The third-order valence-corrected chi connectivity index (χ3v) is 3.28. The van der Waals surface area contributed by atoms with E-state index in [2.05, 4.69) is 46.8 Å². The van der Waals surface area contributed by atoms with Crippen LogP contribution in [-0.4, -0.2) is 13.2 Å². The molecule has 19 heavy (non-hydrogen) atoms. The minimum Gasteiger partial charge on any atom is -0.493 e. The Labute approximate surface area is 118 Å². The maximum Gasteiger partial charge on any atom is 0.125 e. The van der Waals surface area contributed by atoms with E-state index in [-0.39, 0.29) is 0 Å². The Morgan fingerprint density at radius 3 is 2.42 bits per heavy atom. The lowest BCUT2D eigenvalue weighted by Gasteiger charge is -2.19. The summed E-state index contributed by atoms with van der Waals surface area (Å²) in [7, 11) is 0. The molecule has 1 atom stereocenters. The van der Waals surface area contributed by atoms with E-state index >= 15 is 0 Å². The Bertz CT molecular complexity index is 398. The van der Waals surface area contributed by atoms with Gasteiger partial charge in [-0.3, -0.25) is 0 Å². The average Bonchev–Trinajstić information content (AvgIpc) is 2.27. The number of rotatable bonds is 7. The fraction of sp³-hybridized carbons (Fsp3) is 0.647. The van der Waals surface area contributed by atoms with Crippen LogP contribution < -0.4 is 10.5 Å². The van der Waals surface area contributed by atoms with Gasteiger partial charge in [-0.1, -0.05) is 38.5 Å². The second-order valence-electron chi connectivity index (χ2n) is 6.16. The number of ether oxygens (including phenoxy) is 1. The van der Waals surface area contributed by atoms with Gasteiger partial charge in [-0.15, -0.1) is 0 Å². The van der Waals surface area contributed by atoms with Crippen LogP contribution in [0.3, 0.4) is 0 Å². The highest BCUT2D eigenvalue weighted by Crippen LogP contribution is 2.28. The second-order valence-corrected chi connectivity index (χ2v) is 6.16. The molecule has 0 spiro atoms. The summed E-state index contributed by atoms with van der Waals surface area (Å²) >= 11 is 0. The van der Waals surface area contributed by atoms with Crippen LogP contribution in [0.5, 0.6) is 5.75 Å². The van der Waals surface area contributed by atoms with E-state index < -0.39 is 0 Å². The summed E-state index contributed by atoms with van der Waals surface area (Å²) in [6.45, 7) is 12.4. The van der Waals surface area contributed by atoms with Gasteiger partial charge < -0.3 is 10.5 Å². The zero-order valence-corrected chi connectivity index (χ0v) is 13.1. The van der Waals surface area contributed by atoms with Gasteiger partial charge in [0, 0.05) is 0 Å². The minimum absolute atomic E-state index is 0.551. The second kappa shape index (κ2) is 7.54. The Balaban J connectivity index is 2.92. The smallest absolute Gasteiger partial charge is 0.125 e. The molecule has 0 aliphatic heterocycles. The van der Waals surface area contributed by atoms with Crippen LogP contribution in [0.2, 0.25) is 0 Å². The summed E-state index contributed by atoms with van der Waals surface area (Å²) in [5.74, 6) is 2.24. The number of benzene rings is 1. The maximum absolute atomic E-state index is 6.03. The van der Waals surface area contributed by atoms with Gasteiger partial charge in [-0.2, -0.15) is 0 Å². The molecule has 0 aromatic heterocycles. The molecular weight excluding hydrogens is 234 g/mol. The summed E-state index contributed by atoms with van der Waals surface area (Å²) in [6, 6.07) is 4.46. The van der Waals surface area contributed by atoms with Gasteiger partial charge in [-0.25, -0.2) is 0 Å². The number of nitrogens with two attached hydrogens (primary N) is 1. The van der Waals surface area contributed by atoms with Gasteiger partial charge in [0.05, 0.1) is 6.61 Å². The first-order valence-electron chi connectivity index (χ1n) is 7.37. The SMILES string of the molecule is Cc1cc(C)c(OCC(C)C)c(CC(C)CCN)c1. The van der Waals surface area contributed by atoms with Crippen molar-refractivity contribution in [1.29, 1.82) is 0 Å². The van der Waals surface area contributed by atoms with E-state index in [9.17, 15) is 0 Å². The van der Waals surface area contributed by atoms with Crippen molar-refractivity contribution in [2.24, 2.45) is 17.6 Å². The molecule has 108 valence electrons. The molecular formula is C17H29NO. The molecule has 2 N–H and O–H groups in total. The van der Waals surface area contributed by atoms with Crippen molar-refractivity contribution in [1.82, 2.24) is 0 Å². The lowest BCUT2D eigenvalue weighted by molar-refractivity contribution is 0.265. The molecule has 1 rings (SSSR count). The summed E-state index contributed by atoms with van der Waals surface area (Å²) in [4.78, 5) is 0. The van der Waals surface area contributed by atoms with Gasteiger partial charge in [-0.05, 0) is 56.2 Å². The maximum atomic E-state index is 6.03. The number of hydrogen-bond acceptors (Lipinski definition) is 2. The molecule has 0 radical (unpaired) electrons. The molecule has 0 aliphatic carbocycles. The molecule has 2 nitrogen and oxygen atoms in total. The largest absolute Gasteiger partial charge is 0.493 e. The Morgan fingerprint density at radius 2 is 1.84 bits per heavy atom. The van der Waals surface area contributed by atoms with Crippen molar-refractivity contribution in [2.75, 3.05) is 13.2 Å². The Hall–Kier alpha value is -1.02. The zero-order chi connectivity index (χ0) is 14.4. The molecule has 1 aromatic carbocycles. The van der Waals surface area contributed by atoms with Crippen LogP contribution in [0.4, 0.5) is 0 Å². The highest BCUT2D eigenvalue weighted by Gasteiger charge is 2.12. The normalized spacial score (nSPS) is 12.8. The van der Waals surface area contributed by atoms with Crippen LogP contribution in [0.15, 0.2) is 12.1 Å². The van der Waals surface area contributed by atoms with E-state index in [4.69, 9.17) is 10.5 Å². The highest BCUT2D eigenvalue weighted by atomic mass is 16.5. The molecule has 0 aliphatic rings. The molecule has 0 saturated carbocycles. The molecule has 2 heteroatoms. The van der Waals surface area contributed by atoms with E-state index in [1.807, 2.05) is 0 Å².